The molecule has 2 N–H and O–H groups in total. The Labute approximate surface area is 91.1 Å². The molecule has 2 rings (SSSR count). The van der Waals surface area contributed by atoms with E-state index in [4.69, 9.17) is 5.73 Å². The highest BCUT2D eigenvalue weighted by Crippen LogP contribution is 2.20. The van der Waals surface area contributed by atoms with Gasteiger partial charge in [0.05, 0.1) is 29.7 Å². The van der Waals surface area contributed by atoms with Crippen molar-refractivity contribution in [2.24, 2.45) is 5.73 Å². The summed E-state index contributed by atoms with van der Waals surface area (Å²) in [4.78, 5) is 0. The summed E-state index contributed by atoms with van der Waals surface area (Å²) in [6.07, 6.45) is 1.60. The first-order valence-corrected chi connectivity index (χ1v) is 5.20. The van der Waals surface area contributed by atoms with E-state index >= 15 is 0 Å². The van der Waals surface area contributed by atoms with Gasteiger partial charge >= 0.3 is 0 Å². The number of nitrogens with two attached hydrogens (primary N) is 1. The normalized spacial score (nSPS) is 12.7. The van der Waals surface area contributed by atoms with Gasteiger partial charge in [-0.1, -0.05) is 12.1 Å². The molecule has 1 atom stereocenters. The molecule has 0 saturated heterocycles. The molecular weight excluding hydrogens is 213 g/mol. The van der Waals surface area contributed by atoms with Crippen LogP contribution in [-0.4, -0.2) is 8.75 Å². The van der Waals surface area contributed by atoms with Crippen LogP contribution in [0.1, 0.15) is 22.9 Å². The van der Waals surface area contributed by atoms with E-state index in [2.05, 4.69) is 8.75 Å². The van der Waals surface area contributed by atoms with Gasteiger partial charge in [-0.2, -0.15) is 8.75 Å². The predicted octanol–water partition coefficient (Wildman–Crippen LogP) is 2.03. The lowest BCUT2D eigenvalue weighted by Gasteiger charge is -2.09. The second kappa shape index (κ2) is 4.04. The molecule has 0 spiro atoms. The SMILES string of the molecule is Cc1ccc(C(N)c2cnsn2)cc1F. The third kappa shape index (κ3) is 2.03. The van der Waals surface area contributed by atoms with E-state index in [1.807, 2.05) is 6.07 Å². The fraction of sp³-hybridized carbons (Fsp3) is 0.200. The van der Waals surface area contributed by atoms with Crippen molar-refractivity contribution >= 4 is 11.7 Å². The highest BCUT2D eigenvalue weighted by atomic mass is 32.1. The maximum Gasteiger partial charge on any atom is 0.126 e. The summed E-state index contributed by atoms with van der Waals surface area (Å²) in [7, 11) is 0. The van der Waals surface area contributed by atoms with Crippen molar-refractivity contribution in [2.75, 3.05) is 0 Å². The summed E-state index contributed by atoms with van der Waals surface area (Å²) in [5, 5.41) is 0. The van der Waals surface area contributed by atoms with Crippen molar-refractivity contribution in [1.82, 2.24) is 8.75 Å². The predicted molar refractivity (Wildman–Crippen MR) is 57.1 cm³/mol. The Balaban J connectivity index is 2.34. The van der Waals surface area contributed by atoms with Crippen LogP contribution >= 0.6 is 11.7 Å². The number of hydrogen-bond acceptors (Lipinski definition) is 4. The molecule has 2 aromatic rings. The van der Waals surface area contributed by atoms with Gasteiger partial charge in [-0.15, -0.1) is 0 Å². The smallest absolute Gasteiger partial charge is 0.126 e. The molecular formula is C10H10FN3S. The summed E-state index contributed by atoms with van der Waals surface area (Å²) in [5.74, 6) is -0.244. The molecule has 1 unspecified atom stereocenters. The number of nitrogens with zero attached hydrogens (tertiary/aromatic N) is 2. The first-order valence-electron chi connectivity index (χ1n) is 4.47. The van der Waals surface area contributed by atoms with Crippen molar-refractivity contribution in [3.8, 4) is 0 Å². The zero-order valence-electron chi connectivity index (χ0n) is 8.14. The number of aryl methyl sites for hydroxylation is 1. The number of benzene rings is 1. The van der Waals surface area contributed by atoms with E-state index < -0.39 is 6.04 Å². The molecule has 0 aliphatic carbocycles. The van der Waals surface area contributed by atoms with Gasteiger partial charge in [0.2, 0.25) is 0 Å². The van der Waals surface area contributed by atoms with Crippen LogP contribution in [0.5, 0.6) is 0 Å². The molecule has 0 aliphatic heterocycles. The highest BCUT2D eigenvalue weighted by Gasteiger charge is 2.12. The average molecular weight is 223 g/mol. The number of hydrogen-bond donors (Lipinski definition) is 1. The summed E-state index contributed by atoms with van der Waals surface area (Å²) in [6, 6.07) is 4.56. The fourth-order valence-electron chi connectivity index (χ4n) is 1.28. The molecule has 0 aliphatic rings. The van der Waals surface area contributed by atoms with Crippen LogP contribution in [0.3, 0.4) is 0 Å². The maximum atomic E-state index is 13.3. The Morgan fingerprint density at radius 3 is 2.87 bits per heavy atom. The van der Waals surface area contributed by atoms with Crippen LogP contribution < -0.4 is 5.73 Å². The summed E-state index contributed by atoms with van der Waals surface area (Å²) >= 11 is 1.10. The molecule has 1 aromatic carbocycles. The molecule has 0 saturated carbocycles. The second-order valence-electron chi connectivity index (χ2n) is 3.32. The molecule has 1 aromatic heterocycles. The van der Waals surface area contributed by atoms with Crippen LogP contribution in [0.2, 0.25) is 0 Å². The molecule has 5 heteroatoms. The van der Waals surface area contributed by atoms with E-state index in [1.54, 1.807) is 19.2 Å². The van der Waals surface area contributed by atoms with Gasteiger partial charge in [0.15, 0.2) is 0 Å². The Bertz CT molecular complexity index is 456. The molecule has 1 heterocycles. The standard InChI is InChI=1S/C10H10FN3S/c1-6-2-3-7(4-8(6)11)10(12)9-5-13-15-14-9/h2-5,10H,12H2,1H3. The van der Waals surface area contributed by atoms with Gasteiger partial charge in [-0.25, -0.2) is 4.39 Å². The Morgan fingerprint density at radius 1 is 1.47 bits per heavy atom. The average Bonchev–Trinajstić information content (AvgIpc) is 2.74. The highest BCUT2D eigenvalue weighted by molar-refractivity contribution is 6.99. The largest absolute Gasteiger partial charge is 0.319 e. The van der Waals surface area contributed by atoms with E-state index in [-0.39, 0.29) is 5.82 Å². The number of halogens is 1. The molecule has 78 valence electrons. The van der Waals surface area contributed by atoms with Crippen LogP contribution in [0.25, 0.3) is 0 Å². The minimum absolute atomic E-state index is 0.244. The van der Waals surface area contributed by atoms with Crippen molar-refractivity contribution in [2.45, 2.75) is 13.0 Å². The van der Waals surface area contributed by atoms with Crippen molar-refractivity contribution in [3.63, 3.8) is 0 Å². The zero-order chi connectivity index (χ0) is 10.8. The van der Waals surface area contributed by atoms with Gasteiger partial charge in [0.1, 0.15) is 5.82 Å². The van der Waals surface area contributed by atoms with Gasteiger partial charge in [0, 0.05) is 0 Å². The molecule has 15 heavy (non-hydrogen) atoms. The van der Waals surface area contributed by atoms with Crippen molar-refractivity contribution in [3.05, 3.63) is 47.0 Å². The Kier molecular flexibility index (Phi) is 2.75. The quantitative estimate of drug-likeness (QED) is 0.847. The fourth-order valence-corrected chi connectivity index (χ4v) is 1.74. The van der Waals surface area contributed by atoms with Gasteiger partial charge in [0.25, 0.3) is 0 Å². The van der Waals surface area contributed by atoms with Crippen LogP contribution in [-0.2, 0) is 0 Å². The minimum atomic E-state index is -0.404. The van der Waals surface area contributed by atoms with Gasteiger partial charge in [-0.05, 0) is 24.1 Å². The molecule has 0 bridgehead atoms. The first-order chi connectivity index (χ1) is 7.18. The van der Waals surface area contributed by atoms with Crippen LogP contribution in [0, 0.1) is 12.7 Å². The second-order valence-corrected chi connectivity index (χ2v) is 3.88. The number of rotatable bonds is 2. The first kappa shape index (κ1) is 10.2. The monoisotopic (exact) mass is 223 g/mol. The molecule has 3 nitrogen and oxygen atoms in total. The Hall–Kier alpha value is -1.33. The Morgan fingerprint density at radius 2 is 2.27 bits per heavy atom. The molecule has 0 radical (unpaired) electrons. The maximum absolute atomic E-state index is 13.3. The van der Waals surface area contributed by atoms with E-state index in [0.717, 1.165) is 11.7 Å². The van der Waals surface area contributed by atoms with E-state index in [1.165, 1.54) is 6.07 Å². The molecule has 0 fully saturated rings. The van der Waals surface area contributed by atoms with Gasteiger partial charge < -0.3 is 5.73 Å². The summed E-state index contributed by atoms with van der Waals surface area (Å²) in [5.41, 5.74) is 7.91. The lowest BCUT2D eigenvalue weighted by atomic mass is 10.0. The van der Waals surface area contributed by atoms with Crippen molar-refractivity contribution < 1.29 is 4.39 Å². The lowest BCUT2D eigenvalue weighted by molar-refractivity contribution is 0.614. The zero-order valence-corrected chi connectivity index (χ0v) is 8.96. The van der Waals surface area contributed by atoms with Crippen molar-refractivity contribution in [1.29, 1.82) is 0 Å². The minimum Gasteiger partial charge on any atom is -0.319 e. The van der Waals surface area contributed by atoms with E-state index in [0.29, 0.717) is 16.8 Å². The summed E-state index contributed by atoms with van der Waals surface area (Å²) in [6.45, 7) is 1.72. The molecule has 0 amide bonds. The van der Waals surface area contributed by atoms with Crippen LogP contribution in [0.4, 0.5) is 4.39 Å². The number of aromatic nitrogens is 2. The summed E-state index contributed by atoms with van der Waals surface area (Å²) < 4.78 is 21.2. The lowest BCUT2D eigenvalue weighted by Crippen LogP contribution is -2.12. The van der Waals surface area contributed by atoms with Gasteiger partial charge in [-0.3, -0.25) is 0 Å². The third-order valence-electron chi connectivity index (χ3n) is 2.25. The van der Waals surface area contributed by atoms with Crippen LogP contribution in [0.15, 0.2) is 24.4 Å². The van der Waals surface area contributed by atoms with E-state index in [9.17, 15) is 4.39 Å². The topological polar surface area (TPSA) is 51.8 Å². The third-order valence-corrected chi connectivity index (χ3v) is 2.74.